The first-order valence-electron chi connectivity index (χ1n) is 4.70. The van der Waals surface area contributed by atoms with Crippen LogP contribution in [0, 0.1) is 0 Å². The van der Waals surface area contributed by atoms with Crippen LogP contribution in [-0.2, 0) is 0 Å². The highest BCUT2D eigenvalue weighted by atomic mass is 35.5. The number of amides is 1. The molecule has 0 radical (unpaired) electrons. The van der Waals surface area contributed by atoms with Crippen molar-refractivity contribution in [2.45, 2.75) is 18.5 Å². The van der Waals surface area contributed by atoms with E-state index in [2.05, 4.69) is 15.5 Å². The van der Waals surface area contributed by atoms with Gasteiger partial charge in [0.15, 0.2) is 0 Å². The first-order valence-corrected chi connectivity index (χ1v) is 4.70. The van der Waals surface area contributed by atoms with E-state index in [9.17, 15) is 4.79 Å². The zero-order valence-corrected chi connectivity index (χ0v) is 8.72. The fourth-order valence-corrected chi connectivity index (χ4v) is 2.23. The van der Waals surface area contributed by atoms with Gasteiger partial charge in [0.05, 0.1) is 0 Å². The lowest BCUT2D eigenvalue weighted by molar-refractivity contribution is 0.187. The largest absolute Gasteiger partial charge is 0.465 e. The molecule has 2 aliphatic heterocycles. The van der Waals surface area contributed by atoms with Crippen LogP contribution in [0.15, 0.2) is 0 Å². The Morgan fingerprint density at radius 2 is 2.43 bits per heavy atom. The predicted molar refractivity (Wildman–Crippen MR) is 55.0 cm³/mol. The van der Waals surface area contributed by atoms with Gasteiger partial charge in [-0.1, -0.05) is 0 Å². The van der Waals surface area contributed by atoms with Crippen molar-refractivity contribution < 1.29 is 9.90 Å². The van der Waals surface area contributed by atoms with Gasteiger partial charge in [0.25, 0.3) is 0 Å². The molecule has 2 heterocycles. The fraction of sp³-hybridized carbons (Fsp3) is 0.875. The molecule has 0 aliphatic carbocycles. The summed E-state index contributed by atoms with van der Waals surface area (Å²) in [6.45, 7) is 3.53. The normalized spacial score (nSPS) is 30.0. The third-order valence-electron chi connectivity index (χ3n) is 2.85. The van der Waals surface area contributed by atoms with Gasteiger partial charge in [-0.3, -0.25) is 4.90 Å². The Kier molecular flexibility index (Phi) is 3.97. The van der Waals surface area contributed by atoms with Crippen molar-refractivity contribution in [2.75, 3.05) is 26.2 Å². The molecule has 2 atom stereocenters. The second kappa shape index (κ2) is 4.82. The molecule has 0 spiro atoms. The molecule has 14 heavy (non-hydrogen) atoms. The van der Waals surface area contributed by atoms with E-state index in [1.165, 1.54) is 6.42 Å². The lowest BCUT2D eigenvalue weighted by Gasteiger charge is -2.26. The summed E-state index contributed by atoms with van der Waals surface area (Å²) in [6.07, 6.45) is 0.301. The molecule has 1 amide bonds. The standard InChI is InChI=1S/C8H15N3O2.ClH/c12-8(13)9-1-2-11-5-6-3-7(11)4-10-6;/h6-7,9-10H,1-5H2,(H,12,13);1H/t6-,7-;/m0./s1. The van der Waals surface area contributed by atoms with Crippen LogP contribution in [0.3, 0.4) is 0 Å². The van der Waals surface area contributed by atoms with Crippen LogP contribution in [0.4, 0.5) is 4.79 Å². The monoisotopic (exact) mass is 221 g/mol. The second-order valence-corrected chi connectivity index (χ2v) is 3.72. The van der Waals surface area contributed by atoms with Gasteiger partial charge in [0.1, 0.15) is 0 Å². The van der Waals surface area contributed by atoms with E-state index in [4.69, 9.17) is 5.11 Å². The highest BCUT2D eigenvalue weighted by Gasteiger charge is 2.36. The number of rotatable bonds is 3. The van der Waals surface area contributed by atoms with Gasteiger partial charge in [-0.05, 0) is 6.42 Å². The number of nitrogens with one attached hydrogen (secondary N) is 2. The zero-order chi connectivity index (χ0) is 9.26. The summed E-state index contributed by atoms with van der Waals surface area (Å²) < 4.78 is 0. The second-order valence-electron chi connectivity index (χ2n) is 3.72. The van der Waals surface area contributed by atoms with Crippen LogP contribution in [0.1, 0.15) is 6.42 Å². The number of nitrogens with zero attached hydrogens (tertiary/aromatic N) is 1. The van der Waals surface area contributed by atoms with Crippen molar-refractivity contribution in [3.8, 4) is 0 Å². The Morgan fingerprint density at radius 1 is 1.64 bits per heavy atom. The van der Waals surface area contributed by atoms with Crippen LogP contribution in [0.2, 0.25) is 0 Å². The molecule has 2 aliphatic rings. The Balaban J connectivity index is 0.000000980. The quantitative estimate of drug-likeness (QED) is 0.614. The molecule has 2 fully saturated rings. The average Bonchev–Trinajstić information content (AvgIpc) is 2.64. The summed E-state index contributed by atoms with van der Waals surface area (Å²) in [5.74, 6) is 0. The van der Waals surface area contributed by atoms with Crippen LogP contribution >= 0.6 is 12.4 Å². The summed E-state index contributed by atoms with van der Waals surface area (Å²) in [7, 11) is 0. The smallest absolute Gasteiger partial charge is 0.404 e. The van der Waals surface area contributed by atoms with Crippen LogP contribution in [-0.4, -0.2) is 54.4 Å². The summed E-state index contributed by atoms with van der Waals surface area (Å²) in [5, 5.41) is 14.2. The molecule has 0 aromatic heterocycles. The first-order chi connectivity index (χ1) is 6.25. The minimum absolute atomic E-state index is 0. The molecule has 0 aromatic rings. The molecule has 0 saturated carbocycles. The molecular formula is C8H16ClN3O2. The van der Waals surface area contributed by atoms with Gasteiger partial charge in [-0.15, -0.1) is 12.4 Å². The van der Waals surface area contributed by atoms with Crippen molar-refractivity contribution in [3.63, 3.8) is 0 Å². The molecule has 82 valence electrons. The maximum atomic E-state index is 10.2. The summed E-state index contributed by atoms with van der Waals surface area (Å²) in [5.41, 5.74) is 0. The van der Waals surface area contributed by atoms with Gasteiger partial charge in [-0.2, -0.15) is 0 Å². The number of carbonyl (C=O) groups is 1. The third-order valence-corrected chi connectivity index (χ3v) is 2.85. The third kappa shape index (κ3) is 2.50. The van der Waals surface area contributed by atoms with Gasteiger partial charge in [-0.25, -0.2) is 4.79 Å². The Morgan fingerprint density at radius 3 is 2.93 bits per heavy atom. The zero-order valence-electron chi connectivity index (χ0n) is 7.90. The number of piperazine rings is 1. The number of fused-ring (bicyclic) bond motifs is 2. The molecular weight excluding hydrogens is 206 g/mol. The number of likely N-dealkylation sites (tertiary alicyclic amines) is 1. The van der Waals surface area contributed by atoms with Gasteiger partial charge < -0.3 is 15.7 Å². The minimum atomic E-state index is -0.928. The van der Waals surface area contributed by atoms with Crippen molar-refractivity contribution in [2.24, 2.45) is 0 Å². The van der Waals surface area contributed by atoms with Crippen LogP contribution in [0.25, 0.3) is 0 Å². The Labute approximate surface area is 89.3 Å². The highest BCUT2D eigenvalue weighted by Crippen LogP contribution is 2.22. The molecule has 5 nitrogen and oxygen atoms in total. The highest BCUT2D eigenvalue weighted by molar-refractivity contribution is 5.85. The van der Waals surface area contributed by atoms with E-state index < -0.39 is 6.09 Å². The van der Waals surface area contributed by atoms with Crippen LogP contribution in [0.5, 0.6) is 0 Å². The molecule has 3 N–H and O–H groups in total. The van der Waals surface area contributed by atoms with Crippen LogP contribution < -0.4 is 10.6 Å². The van der Waals surface area contributed by atoms with E-state index in [-0.39, 0.29) is 12.4 Å². The predicted octanol–water partition coefficient (Wildman–Crippen LogP) is -0.278. The molecule has 0 aromatic carbocycles. The van der Waals surface area contributed by atoms with E-state index >= 15 is 0 Å². The van der Waals surface area contributed by atoms with E-state index in [1.807, 2.05) is 0 Å². The molecule has 0 unspecified atom stereocenters. The van der Waals surface area contributed by atoms with Gasteiger partial charge in [0.2, 0.25) is 0 Å². The van der Waals surface area contributed by atoms with Crippen molar-refractivity contribution in [1.29, 1.82) is 0 Å². The summed E-state index contributed by atoms with van der Waals surface area (Å²) in [6, 6.07) is 1.29. The number of carboxylic acid groups (broad SMARTS) is 1. The Bertz CT molecular complexity index is 215. The topological polar surface area (TPSA) is 64.6 Å². The van der Waals surface area contributed by atoms with Gasteiger partial charge >= 0.3 is 6.09 Å². The number of hydrogen-bond acceptors (Lipinski definition) is 3. The summed E-state index contributed by atoms with van der Waals surface area (Å²) in [4.78, 5) is 12.5. The lowest BCUT2D eigenvalue weighted by Crippen LogP contribution is -2.46. The molecule has 2 rings (SSSR count). The number of hydrogen-bond donors (Lipinski definition) is 3. The lowest BCUT2D eigenvalue weighted by atomic mass is 10.2. The first kappa shape index (κ1) is 11.6. The van der Waals surface area contributed by atoms with Crippen molar-refractivity contribution in [1.82, 2.24) is 15.5 Å². The minimum Gasteiger partial charge on any atom is -0.465 e. The molecule has 6 heteroatoms. The van der Waals surface area contributed by atoms with E-state index in [1.54, 1.807) is 0 Å². The van der Waals surface area contributed by atoms with Crippen molar-refractivity contribution >= 4 is 18.5 Å². The maximum Gasteiger partial charge on any atom is 0.404 e. The average molecular weight is 222 g/mol. The SMILES string of the molecule is Cl.O=C(O)NCCN1C[C@@H]2C[C@H]1CN2. The van der Waals surface area contributed by atoms with Crippen molar-refractivity contribution in [3.05, 3.63) is 0 Å². The molecule has 2 saturated heterocycles. The van der Waals surface area contributed by atoms with E-state index in [0.29, 0.717) is 18.6 Å². The van der Waals surface area contributed by atoms with Gasteiger partial charge in [0, 0.05) is 38.3 Å². The maximum absolute atomic E-state index is 10.2. The Hall–Kier alpha value is -0.520. The fourth-order valence-electron chi connectivity index (χ4n) is 2.23. The van der Waals surface area contributed by atoms with E-state index in [0.717, 1.165) is 19.6 Å². The number of halogens is 1. The molecule has 2 bridgehead atoms. The summed E-state index contributed by atoms with van der Waals surface area (Å²) >= 11 is 0.